The third-order valence-electron chi connectivity index (χ3n) is 3.67. The van der Waals surface area contributed by atoms with E-state index in [0.29, 0.717) is 32.1 Å². The summed E-state index contributed by atoms with van der Waals surface area (Å²) in [6.07, 6.45) is 6.97. The molecule has 1 rings (SSSR count). The molecule has 0 saturated heterocycles. The van der Waals surface area contributed by atoms with Gasteiger partial charge in [-0.2, -0.15) is 0 Å². The molecular formula is C17H22O4. The van der Waals surface area contributed by atoms with Gasteiger partial charge in [0.1, 0.15) is 5.78 Å². The van der Waals surface area contributed by atoms with Crippen molar-refractivity contribution in [3.05, 3.63) is 12.2 Å². The van der Waals surface area contributed by atoms with E-state index in [0.717, 1.165) is 6.42 Å². The van der Waals surface area contributed by atoms with E-state index in [-0.39, 0.29) is 29.8 Å². The highest BCUT2D eigenvalue weighted by Crippen LogP contribution is 2.32. The number of carbonyl (C=O) groups is 3. The van der Waals surface area contributed by atoms with Gasteiger partial charge in [0, 0.05) is 38.0 Å². The molecule has 2 unspecified atom stereocenters. The minimum atomic E-state index is -0.812. The molecule has 0 radical (unpaired) electrons. The number of carboxylic acids is 1. The van der Waals surface area contributed by atoms with E-state index in [1.807, 2.05) is 13.0 Å². The largest absolute Gasteiger partial charge is 0.481 e. The molecule has 1 N–H and O–H groups in total. The molecule has 1 aliphatic carbocycles. The Morgan fingerprint density at radius 1 is 1.38 bits per heavy atom. The van der Waals surface area contributed by atoms with Gasteiger partial charge in [-0.15, -0.1) is 11.8 Å². The van der Waals surface area contributed by atoms with Crippen LogP contribution in [-0.4, -0.2) is 22.6 Å². The number of hydrogen-bond donors (Lipinski definition) is 1. The zero-order chi connectivity index (χ0) is 15.7. The van der Waals surface area contributed by atoms with Crippen LogP contribution in [0, 0.1) is 23.7 Å². The Balaban J connectivity index is 2.45. The number of carbonyl (C=O) groups excluding carboxylic acids is 2. The van der Waals surface area contributed by atoms with Crippen LogP contribution in [0.25, 0.3) is 0 Å². The summed E-state index contributed by atoms with van der Waals surface area (Å²) in [5.41, 5.74) is 0. The van der Waals surface area contributed by atoms with E-state index >= 15 is 0 Å². The Morgan fingerprint density at radius 3 is 2.81 bits per heavy atom. The topological polar surface area (TPSA) is 71.4 Å². The van der Waals surface area contributed by atoms with E-state index in [2.05, 4.69) is 11.8 Å². The lowest BCUT2D eigenvalue weighted by atomic mass is 9.91. The Hall–Kier alpha value is -1.89. The molecule has 114 valence electrons. The number of allylic oxidation sites excluding steroid dienone is 2. The number of carboxylic acid groups (broad SMARTS) is 1. The van der Waals surface area contributed by atoms with Crippen molar-refractivity contribution < 1.29 is 19.5 Å². The van der Waals surface area contributed by atoms with Crippen LogP contribution in [0.3, 0.4) is 0 Å². The minimum Gasteiger partial charge on any atom is -0.481 e. The van der Waals surface area contributed by atoms with Crippen LogP contribution in [0.5, 0.6) is 0 Å². The summed E-state index contributed by atoms with van der Waals surface area (Å²) in [6, 6.07) is 0. The van der Waals surface area contributed by atoms with Crippen molar-refractivity contribution >= 4 is 17.5 Å². The Bertz CT molecular complexity index is 479. The minimum absolute atomic E-state index is 0.0767. The highest BCUT2D eigenvalue weighted by Gasteiger charge is 2.32. The molecule has 1 fully saturated rings. The molecule has 0 aliphatic heterocycles. The Kier molecular flexibility index (Phi) is 7.45. The van der Waals surface area contributed by atoms with E-state index < -0.39 is 5.97 Å². The van der Waals surface area contributed by atoms with Crippen molar-refractivity contribution in [2.24, 2.45) is 11.8 Å². The van der Waals surface area contributed by atoms with Crippen LogP contribution in [-0.2, 0) is 14.4 Å². The zero-order valence-corrected chi connectivity index (χ0v) is 12.4. The molecule has 1 saturated carbocycles. The van der Waals surface area contributed by atoms with Crippen molar-refractivity contribution in [2.45, 2.75) is 51.9 Å². The van der Waals surface area contributed by atoms with Crippen molar-refractivity contribution in [2.75, 3.05) is 0 Å². The Morgan fingerprint density at radius 2 is 2.14 bits per heavy atom. The third-order valence-corrected chi connectivity index (χ3v) is 3.67. The first kappa shape index (κ1) is 17.2. The second kappa shape index (κ2) is 9.12. The fraction of sp³-hybridized carbons (Fsp3) is 0.588. The van der Waals surface area contributed by atoms with Crippen molar-refractivity contribution in [1.29, 1.82) is 0 Å². The Labute approximate surface area is 125 Å². The first-order chi connectivity index (χ1) is 10.0. The number of Topliss-reactive ketones (excluding diaryl/α,β-unsaturated/α-hetero) is 1. The first-order valence-corrected chi connectivity index (χ1v) is 7.45. The van der Waals surface area contributed by atoms with Crippen LogP contribution in [0.4, 0.5) is 0 Å². The molecule has 0 spiro atoms. The molecule has 2 atom stereocenters. The number of ketones is 2. The van der Waals surface area contributed by atoms with Crippen molar-refractivity contribution in [3.63, 3.8) is 0 Å². The van der Waals surface area contributed by atoms with Gasteiger partial charge in [-0.3, -0.25) is 14.4 Å². The van der Waals surface area contributed by atoms with E-state index in [1.54, 1.807) is 6.08 Å². The summed E-state index contributed by atoms with van der Waals surface area (Å²) < 4.78 is 0. The molecule has 21 heavy (non-hydrogen) atoms. The van der Waals surface area contributed by atoms with Crippen LogP contribution in [0.15, 0.2) is 12.2 Å². The normalized spacial score (nSPS) is 21.3. The summed E-state index contributed by atoms with van der Waals surface area (Å²) in [5, 5.41) is 8.51. The summed E-state index contributed by atoms with van der Waals surface area (Å²) in [5.74, 6) is 5.39. The molecule has 1 aliphatic rings. The number of unbranched alkanes of at least 4 members (excludes halogenated alkanes) is 1. The number of hydrogen-bond acceptors (Lipinski definition) is 3. The molecule has 0 aromatic heterocycles. The summed E-state index contributed by atoms with van der Waals surface area (Å²) in [4.78, 5) is 33.5. The van der Waals surface area contributed by atoms with Gasteiger partial charge in [0.2, 0.25) is 0 Å². The van der Waals surface area contributed by atoms with Crippen molar-refractivity contribution in [3.8, 4) is 11.8 Å². The molecule has 4 nitrogen and oxygen atoms in total. The number of rotatable bonds is 7. The fourth-order valence-electron chi connectivity index (χ4n) is 2.38. The average Bonchev–Trinajstić information content (AvgIpc) is 2.80. The van der Waals surface area contributed by atoms with Crippen LogP contribution >= 0.6 is 0 Å². The molecule has 0 bridgehead atoms. The zero-order valence-electron chi connectivity index (χ0n) is 12.4. The summed E-state index contributed by atoms with van der Waals surface area (Å²) >= 11 is 0. The van der Waals surface area contributed by atoms with Gasteiger partial charge < -0.3 is 5.11 Å². The maximum atomic E-state index is 11.8. The predicted molar refractivity (Wildman–Crippen MR) is 79.5 cm³/mol. The SMILES string of the molecule is CCC(=O)C=CC1CCC(=O)C1CC#CCCCC(=O)O. The van der Waals surface area contributed by atoms with Gasteiger partial charge >= 0.3 is 5.97 Å². The lowest BCUT2D eigenvalue weighted by molar-refractivity contribution is -0.137. The predicted octanol–water partition coefficient (Wildman–Crippen LogP) is 2.77. The van der Waals surface area contributed by atoms with Gasteiger partial charge in [-0.25, -0.2) is 0 Å². The van der Waals surface area contributed by atoms with Gasteiger partial charge in [-0.05, 0) is 24.8 Å². The highest BCUT2D eigenvalue weighted by atomic mass is 16.4. The van der Waals surface area contributed by atoms with Crippen LogP contribution in [0.2, 0.25) is 0 Å². The van der Waals surface area contributed by atoms with Gasteiger partial charge in [0.25, 0.3) is 0 Å². The standard InChI is InChI=1S/C17H22O4/c1-2-14(18)11-9-13-10-12-16(19)15(13)7-5-3-4-6-8-17(20)21/h9,11,13,15H,2,4,6-8,10,12H2,1H3,(H,20,21). The fourth-order valence-corrected chi connectivity index (χ4v) is 2.38. The van der Waals surface area contributed by atoms with Crippen molar-refractivity contribution in [1.82, 2.24) is 0 Å². The maximum Gasteiger partial charge on any atom is 0.303 e. The highest BCUT2D eigenvalue weighted by molar-refractivity contribution is 5.90. The van der Waals surface area contributed by atoms with E-state index in [1.165, 1.54) is 0 Å². The molecule has 4 heteroatoms. The second-order valence-corrected chi connectivity index (χ2v) is 5.26. The number of aliphatic carboxylic acids is 1. The maximum absolute atomic E-state index is 11.8. The second-order valence-electron chi connectivity index (χ2n) is 5.26. The summed E-state index contributed by atoms with van der Waals surface area (Å²) in [6.45, 7) is 1.81. The molecule has 0 aromatic carbocycles. The molecular weight excluding hydrogens is 268 g/mol. The van der Waals surface area contributed by atoms with E-state index in [4.69, 9.17) is 5.11 Å². The third kappa shape index (κ3) is 6.40. The average molecular weight is 290 g/mol. The van der Waals surface area contributed by atoms with E-state index in [9.17, 15) is 14.4 Å². The van der Waals surface area contributed by atoms with Gasteiger partial charge in [0.05, 0.1) is 0 Å². The lowest BCUT2D eigenvalue weighted by Crippen LogP contribution is -2.12. The molecule has 0 amide bonds. The first-order valence-electron chi connectivity index (χ1n) is 7.45. The van der Waals surface area contributed by atoms with Gasteiger partial charge in [-0.1, -0.05) is 13.0 Å². The smallest absolute Gasteiger partial charge is 0.303 e. The quantitative estimate of drug-likeness (QED) is 0.444. The molecule has 0 aromatic rings. The van der Waals surface area contributed by atoms with Crippen LogP contribution < -0.4 is 0 Å². The molecule has 0 heterocycles. The monoisotopic (exact) mass is 290 g/mol. The van der Waals surface area contributed by atoms with Crippen LogP contribution in [0.1, 0.15) is 51.9 Å². The summed E-state index contributed by atoms with van der Waals surface area (Å²) in [7, 11) is 0. The van der Waals surface area contributed by atoms with Gasteiger partial charge in [0.15, 0.2) is 5.78 Å². The lowest BCUT2D eigenvalue weighted by Gasteiger charge is -2.11.